The van der Waals surface area contributed by atoms with Gasteiger partial charge in [-0.15, -0.1) is 0 Å². The van der Waals surface area contributed by atoms with Gasteiger partial charge in [-0.05, 0) is 56.2 Å². The van der Waals surface area contributed by atoms with Crippen LogP contribution in [0.3, 0.4) is 0 Å². The molecule has 0 aliphatic carbocycles. The Morgan fingerprint density at radius 1 is 0.964 bits per heavy atom. The Morgan fingerprint density at radius 3 is 2.43 bits per heavy atom. The lowest BCUT2D eigenvalue weighted by Gasteiger charge is -2.21. The van der Waals surface area contributed by atoms with E-state index in [0.29, 0.717) is 17.7 Å². The van der Waals surface area contributed by atoms with E-state index in [-0.39, 0.29) is 11.8 Å². The summed E-state index contributed by atoms with van der Waals surface area (Å²) in [4.78, 5) is 31.4. The second-order valence-corrected chi connectivity index (χ2v) is 6.62. The largest absolute Gasteiger partial charge is 0.322 e. The van der Waals surface area contributed by atoms with Gasteiger partial charge in [-0.25, -0.2) is 0 Å². The third-order valence-electron chi connectivity index (χ3n) is 4.52. The molecule has 0 unspecified atom stereocenters. The predicted octanol–water partition coefficient (Wildman–Crippen LogP) is 4.62. The molecule has 2 aromatic carbocycles. The minimum absolute atomic E-state index is 0.189. The molecule has 1 N–H and O–H groups in total. The molecule has 1 aromatic heterocycles. The van der Waals surface area contributed by atoms with Crippen LogP contribution < -0.4 is 10.2 Å². The predicted molar refractivity (Wildman–Crippen MR) is 112 cm³/mol. The molecule has 0 spiro atoms. The fourth-order valence-corrected chi connectivity index (χ4v) is 2.98. The van der Waals surface area contributed by atoms with Gasteiger partial charge < -0.3 is 10.2 Å². The zero-order valence-corrected chi connectivity index (χ0v) is 16.3. The second kappa shape index (κ2) is 8.48. The normalized spacial score (nSPS) is 10.4. The van der Waals surface area contributed by atoms with Gasteiger partial charge in [0.1, 0.15) is 0 Å². The highest BCUT2D eigenvalue weighted by atomic mass is 16.2. The quantitative estimate of drug-likeness (QED) is 0.710. The fraction of sp³-hybridized carbons (Fsp3) is 0.174. The number of nitrogens with zero attached hydrogens (tertiary/aromatic N) is 2. The number of para-hydroxylation sites is 1. The number of pyridine rings is 1. The summed E-state index contributed by atoms with van der Waals surface area (Å²) in [5.41, 5.74) is 4.32. The number of hydrogen-bond donors (Lipinski definition) is 1. The number of aromatic nitrogens is 1. The van der Waals surface area contributed by atoms with Crippen LogP contribution in [-0.2, 0) is 0 Å². The number of amides is 2. The van der Waals surface area contributed by atoms with Crippen molar-refractivity contribution in [2.45, 2.75) is 20.8 Å². The molecule has 5 heteroatoms. The van der Waals surface area contributed by atoms with Crippen molar-refractivity contribution in [2.75, 3.05) is 16.8 Å². The minimum Gasteiger partial charge on any atom is -0.322 e. The number of carbonyl (C=O) groups excluding carboxylic acids is 2. The van der Waals surface area contributed by atoms with Crippen molar-refractivity contribution in [3.63, 3.8) is 0 Å². The number of aryl methyl sites for hydroxylation is 2. The van der Waals surface area contributed by atoms with Crippen molar-refractivity contribution < 1.29 is 9.59 Å². The SMILES string of the molecule is CCN(C(=O)c1cncc(C(=O)Nc2ccccc2C)c1)c1cccc(C)c1. The maximum absolute atomic E-state index is 13.0. The monoisotopic (exact) mass is 373 g/mol. The molecule has 3 aromatic rings. The molecule has 0 saturated carbocycles. The van der Waals surface area contributed by atoms with E-state index in [0.717, 1.165) is 22.5 Å². The first-order valence-electron chi connectivity index (χ1n) is 9.20. The Kier molecular flexibility index (Phi) is 5.84. The van der Waals surface area contributed by atoms with Gasteiger partial charge >= 0.3 is 0 Å². The Morgan fingerprint density at radius 2 is 1.71 bits per heavy atom. The maximum atomic E-state index is 13.0. The van der Waals surface area contributed by atoms with E-state index in [4.69, 9.17) is 0 Å². The lowest BCUT2D eigenvalue weighted by Crippen LogP contribution is -2.31. The lowest BCUT2D eigenvalue weighted by atomic mass is 10.1. The number of hydrogen-bond acceptors (Lipinski definition) is 3. The fourth-order valence-electron chi connectivity index (χ4n) is 2.98. The number of benzene rings is 2. The van der Waals surface area contributed by atoms with Crippen LogP contribution in [0.15, 0.2) is 67.0 Å². The Hall–Kier alpha value is -3.47. The average molecular weight is 373 g/mol. The van der Waals surface area contributed by atoms with E-state index in [1.807, 2.05) is 69.3 Å². The van der Waals surface area contributed by atoms with Gasteiger partial charge in [-0.3, -0.25) is 14.6 Å². The standard InChI is InChI=1S/C23H23N3O2/c1-4-26(20-10-7-8-16(2)12-20)23(28)19-13-18(14-24-15-19)22(27)25-21-11-6-5-9-17(21)3/h5-15H,4H2,1-3H3,(H,25,27). The highest BCUT2D eigenvalue weighted by Gasteiger charge is 2.18. The zero-order chi connectivity index (χ0) is 20.1. The molecule has 0 bridgehead atoms. The summed E-state index contributed by atoms with van der Waals surface area (Å²) in [6.07, 6.45) is 2.96. The van der Waals surface area contributed by atoms with Crippen LogP contribution in [0, 0.1) is 13.8 Å². The topological polar surface area (TPSA) is 62.3 Å². The van der Waals surface area contributed by atoms with Crippen LogP contribution in [0.1, 0.15) is 38.8 Å². The first-order chi connectivity index (χ1) is 13.5. The highest BCUT2D eigenvalue weighted by molar-refractivity contribution is 6.09. The van der Waals surface area contributed by atoms with Crippen LogP contribution in [0.5, 0.6) is 0 Å². The van der Waals surface area contributed by atoms with E-state index < -0.39 is 0 Å². The van der Waals surface area contributed by atoms with Crippen molar-refractivity contribution in [1.29, 1.82) is 0 Å². The van der Waals surface area contributed by atoms with Crippen LogP contribution in [0.25, 0.3) is 0 Å². The van der Waals surface area contributed by atoms with Gasteiger partial charge in [-0.1, -0.05) is 30.3 Å². The van der Waals surface area contributed by atoms with E-state index in [2.05, 4.69) is 10.3 Å². The summed E-state index contributed by atoms with van der Waals surface area (Å²) in [6, 6.07) is 16.9. The van der Waals surface area contributed by atoms with Gasteiger partial charge in [0.05, 0.1) is 11.1 Å². The van der Waals surface area contributed by atoms with Crippen molar-refractivity contribution in [1.82, 2.24) is 4.98 Å². The molecule has 5 nitrogen and oxygen atoms in total. The molecule has 0 aliphatic heterocycles. The molecule has 142 valence electrons. The highest BCUT2D eigenvalue weighted by Crippen LogP contribution is 2.19. The number of carbonyl (C=O) groups is 2. The molecule has 0 saturated heterocycles. The first-order valence-corrected chi connectivity index (χ1v) is 9.20. The summed E-state index contributed by atoms with van der Waals surface area (Å²) in [7, 11) is 0. The van der Waals surface area contributed by atoms with Crippen molar-refractivity contribution in [2.24, 2.45) is 0 Å². The molecule has 0 atom stereocenters. The summed E-state index contributed by atoms with van der Waals surface area (Å²) < 4.78 is 0. The van der Waals surface area contributed by atoms with Gasteiger partial charge in [-0.2, -0.15) is 0 Å². The third kappa shape index (κ3) is 4.26. The molecule has 0 radical (unpaired) electrons. The van der Waals surface area contributed by atoms with E-state index >= 15 is 0 Å². The number of anilines is 2. The molecule has 28 heavy (non-hydrogen) atoms. The summed E-state index contributed by atoms with van der Waals surface area (Å²) in [5, 5.41) is 2.87. The molecule has 0 aliphatic rings. The Bertz CT molecular complexity index is 1010. The minimum atomic E-state index is -0.296. The van der Waals surface area contributed by atoms with Crippen molar-refractivity contribution in [3.8, 4) is 0 Å². The van der Waals surface area contributed by atoms with Gasteiger partial charge in [0.25, 0.3) is 11.8 Å². The molecular weight excluding hydrogens is 350 g/mol. The van der Waals surface area contributed by atoms with Crippen LogP contribution in [0.2, 0.25) is 0 Å². The third-order valence-corrected chi connectivity index (χ3v) is 4.52. The van der Waals surface area contributed by atoms with E-state index in [1.165, 1.54) is 12.4 Å². The summed E-state index contributed by atoms with van der Waals surface area (Å²) in [5.74, 6) is -0.485. The van der Waals surface area contributed by atoms with E-state index in [1.54, 1.807) is 11.0 Å². The molecule has 2 amide bonds. The first kappa shape index (κ1) is 19.3. The molecular formula is C23H23N3O2. The van der Waals surface area contributed by atoms with Crippen molar-refractivity contribution in [3.05, 3.63) is 89.2 Å². The van der Waals surface area contributed by atoms with Gasteiger partial charge in [0.2, 0.25) is 0 Å². The Labute approximate surface area is 165 Å². The number of nitrogens with one attached hydrogen (secondary N) is 1. The molecule has 0 fully saturated rings. The van der Waals surface area contributed by atoms with Gasteiger partial charge in [0.15, 0.2) is 0 Å². The van der Waals surface area contributed by atoms with Crippen LogP contribution in [0.4, 0.5) is 11.4 Å². The van der Waals surface area contributed by atoms with Crippen LogP contribution >= 0.6 is 0 Å². The lowest BCUT2D eigenvalue weighted by molar-refractivity contribution is 0.0988. The molecule has 1 heterocycles. The van der Waals surface area contributed by atoms with E-state index in [9.17, 15) is 9.59 Å². The smallest absolute Gasteiger partial charge is 0.259 e. The van der Waals surface area contributed by atoms with Crippen LogP contribution in [-0.4, -0.2) is 23.3 Å². The second-order valence-electron chi connectivity index (χ2n) is 6.62. The average Bonchev–Trinajstić information content (AvgIpc) is 2.70. The van der Waals surface area contributed by atoms with Crippen molar-refractivity contribution >= 4 is 23.2 Å². The molecule has 3 rings (SSSR count). The Balaban J connectivity index is 1.84. The summed E-state index contributed by atoms with van der Waals surface area (Å²) >= 11 is 0. The van der Waals surface area contributed by atoms with Gasteiger partial charge in [0, 0.05) is 30.3 Å². The number of rotatable bonds is 5. The zero-order valence-electron chi connectivity index (χ0n) is 16.3. The maximum Gasteiger partial charge on any atom is 0.259 e. The summed E-state index contributed by atoms with van der Waals surface area (Å²) in [6.45, 7) is 6.35.